The normalized spacial score (nSPS) is 17.4. The topological polar surface area (TPSA) is 24.5 Å². The molecular formula is C15H19ClF4N2O. The lowest BCUT2D eigenvalue weighted by atomic mass is 10.0. The monoisotopic (exact) mass is 354 g/mol. The Morgan fingerprint density at radius 2 is 1.91 bits per heavy atom. The molecule has 8 heteroatoms. The van der Waals surface area contributed by atoms with Crippen molar-refractivity contribution in [2.75, 3.05) is 26.2 Å². The number of ether oxygens (including phenoxy) is 1. The number of piperazine rings is 1. The van der Waals surface area contributed by atoms with E-state index in [0.717, 1.165) is 26.2 Å². The van der Waals surface area contributed by atoms with Crippen molar-refractivity contribution in [3.8, 4) is 5.75 Å². The fourth-order valence-corrected chi connectivity index (χ4v) is 2.42. The molecule has 0 amide bonds. The van der Waals surface area contributed by atoms with Gasteiger partial charge in [0.1, 0.15) is 5.75 Å². The van der Waals surface area contributed by atoms with Crippen molar-refractivity contribution in [3.05, 3.63) is 42.5 Å². The molecule has 0 spiro atoms. The Balaban J connectivity index is 0.00000264. The van der Waals surface area contributed by atoms with Crippen molar-refractivity contribution < 1.29 is 22.3 Å². The van der Waals surface area contributed by atoms with Crippen molar-refractivity contribution in [1.29, 1.82) is 0 Å². The van der Waals surface area contributed by atoms with Crippen LogP contribution in [0.15, 0.2) is 36.9 Å². The van der Waals surface area contributed by atoms with Crippen molar-refractivity contribution >= 4 is 12.4 Å². The third-order valence-electron chi connectivity index (χ3n) is 3.48. The summed E-state index contributed by atoms with van der Waals surface area (Å²) in [6.07, 6.45) is -6.67. The quantitative estimate of drug-likeness (QED) is 0.625. The lowest BCUT2D eigenvalue weighted by molar-refractivity contribution is -0.253. The zero-order valence-electron chi connectivity index (χ0n) is 12.4. The summed E-state index contributed by atoms with van der Waals surface area (Å²) in [6.45, 7) is 6.99. The predicted molar refractivity (Wildman–Crippen MR) is 82.6 cm³/mol. The van der Waals surface area contributed by atoms with Crippen molar-refractivity contribution in [2.24, 2.45) is 0 Å². The highest BCUT2D eigenvalue weighted by Gasteiger charge is 2.44. The third-order valence-corrected chi connectivity index (χ3v) is 3.48. The molecule has 0 unspecified atom stereocenters. The predicted octanol–water partition coefficient (Wildman–Crippen LogP) is 3.48. The number of benzene rings is 1. The van der Waals surface area contributed by atoms with Crippen LogP contribution < -0.4 is 10.1 Å². The molecule has 23 heavy (non-hydrogen) atoms. The van der Waals surface area contributed by atoms with Crippen LogP contribution in [0, 0.1) is 0 Å². The molecule has 0 saturated carbocycles. The minimum atomic E-state index is -4.50. The average Bonchev–Trinajstić information content (AvgIpc) is 2.49. The molecule has 1 aromatic carbocycles. The zero-order chi connectivity index (χ0) is 16.2. The first kappa shape index (κ1) is 19.7. The van der Waals surface area contributed by atoms with E-state index in [9.17, 15) is 17.6 Å². The van der Waals surface area contributed by atoms with Crippen LogP contribution in [0.4, 0.5) is 17.6 Å². The van der Waals surface area contributed by atoms with Gasteiger partial charge in [-0.3, -0.25) is 4.90 Å². The molecule has 1 atom stereocenters. The maximum Gasteiger partial charge on any atom is 0.461 e. The maximum atomic E-state index is 13.0. The molecule has 2 rings (SSSR count). The van der Waals surface area contributed by atoms with Crippen LogP contribution in [0.1, 0.15) is 11.6 Å². The second-order valence-corrected chi connectivity index (χ2v) is 5.00. The fraction of sp³-hybridized carbons (Fsp3) is 0.467. The molecule has 3 nitrogen and oxygen atoms in total. The van der Waals surface area contributed by atoms with E-state index in [4.69, 9.17) is 0 Å². The summed E-state index contributed by atoms with van der Waals surface area (Å²) in [4.78, 5) is 2.13. The van der Waals surface area contributed by atoms with E-state index < -0.39 is 12.5 Å². The molecule has 130 valence electrons. The number of hydrogen-bond acceptors (Lipinski definition) is 3. The maximum absolute atomic E-state index is 13.0. The number of rotatable bonds is 6. The summed E-state index contributed by atoms with van der Waals surface area (Å²) in [6, 6.07) is 5.65. The Bertz CT molecular complexity index is 510. The van der Waals surface area contributed by atoms with Gasteiger partial charge in [0.25, 0.3) is 0 Å². The summed E-state index contributed by atoms with van der Waals surface area (Å²) >= 11 is 0. The highest BCUT2D eigenvalue weighted by molar-refractivity contribution is 5.85. The van der Waals surface area contributed by atoms with Crippen LogP contribution in [0.5, 0.6) is 5.75 Å². The number of halogens is 5. The third kappa shape index (κ3) is 5.09. The van der Waals surface area contributed by atoms with Crippen LogP contribution in [0.2, 0.25) is 0 Å². The first-order valence-electron chi connectivity index (χ1n) is 6.96. The molecule has 0 aromatic heterocycles. The lowest BCUT2D eigenvalue weighted by Crippen LogP contribution is -2.44. The molecule has 0 aliphatic carbocycles. The molecule has 1 aliphatic rings. The van der Waals surface area contributed by atoms with Crippen molar-refractivity contribution in [3.63, 3.8) is 0 Å². The average molecular weight is 355 g/mol. The van der Waals surface area contributed by atoms with Gasteiger partial charge in [-0.05, 0) is 17.7 Å². The smallest absolute Gasteiger partial charge is 0.428 e. The summed E-state index contributed by atoms with van der Waals surface area (Å²) in [5.74, 6) is -0.287. The van der Waals surface area contributed by atoms with E-state index in [1.165, 1.54) is 18.2 Å². The summed E-state index contributed by atoms with van der Waals surface area (Å²) in [5.41, 5.74) is 0.680. The summed E-state index contributed by atoms with van der Waals surface area (Å²) < 4.78 is 54.5. The zero-order valence-corrected chi connectivity index (χ0v) is 13.2. The van der Waals surface area contributed by atoms with Gasteiger partial charge in [-0.15, -0.1) is 19.0 Å². The van der Waals surface area contributed by atoms with E-state index in [-0.39, 0.29) is 24.2 Å². The van der Waals surface area contributed by atoms with E-state index in [1.54, 1.807) is 12.1 Å². The van der Waals surface area contributed by atoms with E-state index in [0.29, 0.717) is 5.56 Å². The Labute approximate surface area is 138 Å². The van der Waals surface area contributed by atoms with E-state index >= 15 is 0 Å². The Hall–Kier alpha value is -1.31. The molecule has 0 bridgehead atoms. The van der Waals surface area contributed by atoms with E-state index in [2.05, 4.69) is 21.5 Å². The van der Waals surface area contributed by atoms with Gasteiger partial charge in [0.05, 0.1) is 6.04 Å². The largest absolute Gasteiger partial charge is 0.461 e. The molecule has 0 radical (unpaired) electrons. The Morgan fingerprint density at radius 1 is 1.26 bits per heavy atom. The van der Waals surface area contributed by atoms with Crippen LogP contribution in [-0.2, 0) is 0 Å². The Kier molecular flexibility index (Phi) is 7.31. The highest BCUT2D eigenvalue weighted by atomic mass is 35.5. The highest BCUT2D eigenvalue weighted by Crippen LogP contribution is 2.30. The van der Waals surface area contributed by atoms with Crippen LogP contribution in [-0.4, -0.2) is 43.6 Å². The van der Waals surface area contributed by atoms with Gasteiger partial charge >= 0.3 is 12.5 Å². The fourth-order valence-electron chi connectivity index (χ4n) is 2.42. The van der Waals surface area contributed by atoms with Gasteiger partial charge in [-0.1, -0.05) is 18.2 Å². The lowest BCUT2D eigenvalue weighted by Gasteiger charge is -2.33. The van der Waals surface area contributed by atoms with Crippen LogP contribution >= 0.6 is 12.4 Å². The first-order chi connectivity index (χ1) is 10.4. The van der Waals surface area contributed by atoms with Crippen molar-refractivity contribution in [1.82, 2.24) is 10.2 Å². The molecule has 1 fully saturated rings. The standard InChI is InChI=1S/C15H18F4N2O.ClH/c1-2-13(21-8-6-20-7-9-21)11-4-3-5-12(10-11)22-15(18,19)14(16)17;/h2-5,10,13-14,20H,1,6-9H2;1H/t13-;/m0./s1. The SMILES string of the molecule is C=C[C@@H](c1cccc(OC(F)(F)C(F)F)c1)N1CCNCC1.Cl. The summed E-state index contributed by atoms with van der Waals surface area (Å²) in [5, 5.41) is 3.22. The minimum Gasteiger partial charge on any atom is -0.428 e. The van der Waals surface area contributed by atoms with Crippen molar-refractivity contribution in [2.45, 2.75) is 18.6 Å². The van der Waals surface area contributed by atoms with Gasteiger partial charge in [-0.25, -0.2) is 0 Å². The van der Waals surface area contributed by atoms with E-state index in [1.807, 2.05) is 0 Å². The molecule has 1 N–H and O–H groups in total. The second-order valence-electron chi connectivity index (χ2n) is 5.00. The number of hydrogen-bond donors (Lipinski definition) is 1. The molecular weight excluding hydrogens is 336 g/mol. The molecule has 1 saturated heterocycles. The minimum absolute atomic E-state index is 0. The Morgan fingerprint density at radius 3 is 2.48 bits per heavy atom. The second kappa shape index (κ2) is 8.52. The first-order valence-corrected chi connectivity index (χ1v) is 6.96. The molecule has 1 aromatic rings. The van der Waals surface area contributed by atoms with Gasteiger partial charge in [0.2, 0.25) is 0 Å². The number of alkyl halides is 4. The molecule has 1 aliphatic heterocycles. The molecule has 1 heterocycles. The van der Waals surface area contributed by atoms with Gasteiger partial charge in [-0.2, -0.15) is 17.6 Å². The number of nitrogens with one attached hydrogen (secondary N) is 1. The van der Waals surface area contributed by atoms with Crippen LogP contribution in [0.3, 0.4) is 0 Å². The van der Waals surface area contributed by atoms with Gasteiger partial charge in [0, 0.05) is 26.2 Å². The van der Waals surface area contributed by atoms with Gasteiger partial charge in [0.15, 0.2) is 0 Å². The van der Waals surface area contributed by atoms with Crippen LogP contribution in [0.25, 0.3) is 0 Å². The van der Waals surface area contributed by atoms with Gasteiger partial charge < -0.3 is 10.1 Å². The summed E-state index contributed by atoms with van der Waals surface area (Å²) in [7, 11) is 0. The number of nitrogens with zero attached hydrogens (tertiary/aromatic N) is 1.